The van der Waals surface area contributed by atoms with E-state index in [1.807, 2.05) is 13.8 Å². The van der Waals surface area contributed by atoms with E-state index in [4.69, 9.17) is 4.74 Å². The highest BCUT2D eigenvalue weighted by Crippen LogP contribution is 2.26. The Morgan fingerprint density at radius 3 is 2.58 bits per heavy atom. The second-order valence-corrected chi connectivity index (χ2v) is 7.13. The molecule has 104 valence electrons. The molecule has 0 spiro atoms. The first-order chi connectivity index (χ1) is 8.77. The molecule has 0 aliphatic rings. The Labute approximate surface area is 117 Å². The number of hydrogen-bond acceptors (Lipinski definition) is 6. The Hall–Kier alpha value is -0.960. The van der Waals surface area contributed by atoms with Gasteiger partial charge in [-0.1, -0.05) is 0 Å². The molecule has 0 saturated heterocycles. The first-order valence-electron chi connectivity index (χ1n) is 5.54. The molecule has 1 atom stereocenters. The van der Waals surface area contributed by atoms with Crippen molar-refractivity contribution < 1.29 is 9.29 Å². The molecule has 0 N–H and O–H groups in total. The van der Waals surface area contributed by atoms with Crippen LogP contribution in [0, 0.1) is 0 Å². The molecule has 0 aliphatic heterocycles. The number of nitrogens with zero attached hydrogens (tertiary/aromatic N) is 3. The molecular formula is C11H15N3O3S2. The Kier molecular flexibility index (Phi) is 3.69. The summed E-state index contributed by atoms with van der Waals surface area (Å²) in [6.07, 6.45) is 1.53. The molecule has 1 unspecified atom stereocenters. The van der Waals surface area contributed by atoms with Crippen LogP contribution in [-0.4, -0.2) is 32.5 Å². The third-order valence-electron chi connectivity index (χ3n) is 2.92. The van der Waals surface area contributed by atoms with Crippen molar-refractivity contribution in [2.75, 3.05) is 13.4 Å². The Morgan fingerprint density at radius 1 is 1.42 bits per heavy atom. The van der Waals surface area contributed by atoms with Crippen molar-refractivity contribution >= 4 is 32.9 Å². The van der Waals surface area contributed by atoms with Crippen molar-refractivity contribution in [1.82, 2.24) is 14.5 Å². The maximum Gasteiger partial charge on any atom is 0.304 e. The third-order valence-corrected chi connectivity index (χ3v) is 5.20. The lowest BCUT2D eigenvalue weighted by Crippen LogP contribution is -2.32. The van der Waals surface area contributed by atoms with E-state index in [-0.39, 0.29) is 11.1 Å². The van der Waals surface area contributed by atoms with Crippen molar-refractivity contribution in [2.45, 2.75) is 23.8 Å². The normalized spacial score (nSPS) is 14.0. The minimum absolute atomic E-state index is 0.252. The van der Waals surface area contributed by atoms with E-state index < -0.39 is 16.8 Å². The maximum atomic E-state index is 12.3. The molecule has 0 radical (unpaired) electrons. The monoisotopic (exact) mass is 301 g/mol. The average Bonchev–Trinajstić information content (AvgIpc) is 2.78. The average molecular weight is 301 g/mol. The highest BCUT2D eigenvalue weighted by Gasteiger charge is 2.27. The number of fused-ring (bicyclic) bond motifs is 1. The van der Waals surface area contributed by atoms with E-state index in [1.54, 1.807) is 14.2 Å². The van der Waals surface area contributed by atoms with Crippen molar-refractivity contribution in [3.8, 4) is 0 Å². The smallest absolute Gasteiger partial charge is 0.304 e. The van der Waals surface area contributed by atoms with Gasteiger partial charge in [-0.2, -0.15) is 4.98 Å². The molecule has 2 rings (SSSR count). The van der Waals surface area contributed by atoms with Crippen LogP contribution in [0.3, 0.4) is 0 Å². The highest BCUT2D eigenvalue weighted by molar-refractivity contribution is 7.92. The lowest BCUT2D eigenvalue weighted by atomic mass is 10.1. The molecule has 0 aliphatic carbocycles. The van der Waals surface area contributed by atoms with Crippen molar-refractivity contribution in [1.29, 1.82) is 0 Å². The summed E-state index contributed by atoms with van der Waals surface area (Å²) in [5.74, 6) is 0.518. The summed E-state index contributed by atoms with van der Waals surface area (Å²) in [6, 6.07) is 0. The lowest BCUT2D eigenvalue weighted by molar-refractivity contribution is 0.00842. The summed E-state index contributed by atoms with van der Waals surface area (Å²) in [6.45, 7) is 3.67. The van der Waals surface area contributed by atoms with Gasteiger partial charge in [0, 0.05) is 25.3 Å². The van der Waals surface area contributed by atoms with Gasteiger partial charge in [0.1, 0.15) is 17.7 Å². The fraction of sp³-hybridized carbons (Fsp3) is 0.545. The predicted molar refractivity (Wildman–Crippen MR) is 75.0 cm³/mol. The molecule has 6 nitrogen and oxygen atoms in total. The molecular weight excluding hydrogens is 286 g/mol. The standard InChI is InChI=1S/C11H15N3O3S2/c1-11(2,17-4)9-13-7-6(8(15)14(9)3)12-10(18-7)19(5)16/h1-5H3. The van der Waals surface area contributed by atoms with Crippen LogP contribution in [-0.2, 0) is 28.6 Å². The fourth-order valence-corrected chi connectivity index (χ4v) is 3.28. The highest BCUT2D eigenvalue weighted by atomic mass is 32.2. The van der Waals surface area contributed by atoms with E-state index >= 15 is 0 Å². The lowest BCUT2D eigenvalue weighted by Gasteiger charge is -2.23. The van der Waals surface area contributed by atoms with Crippen LogP contribution < -0.4 is 5.56 Å². The van der Waals surface area contributed by atoms with Crippen LogP contribution in [0.1, 0.15) is 19.7 Å². The summed E-state index contributed by atoms with van der Waals surface area (Å²) in [7, 11) is 3.20. The number of hydrogen-bond donors (Lipinski definition) is 0. The molecule has 0 saturated carbocycles. The van der Waals surface area contributed by atoms with E-state index in [2.05, 4.69) is 9.97 Å². The molecule has 19 heavy (non-hydrogen) atoms. The summed E-state index contributed by atoms with van der Waals surface area (Å²) in [4.78, 5) is 21.3. The Balaban J connectivity index is 2.77. The zero-order valence-electron chi connectivity index (χ0n) is 11.4. The zero-order valence-corrected chi connectivity index (χ0v) is 13.0. The van der Waals surface area contributed by atoms with Gasteiger partial charge in [0.2, 0.25) is 0 Å². The zero-order chi connectivity index (χ0) is 14.4. The minimum Gasteiger partial charge on any atom is -0.610 e. The molecule has 2 aromatic heterocycles. The Bertz CT molecular complexity index is 676. The summed E-state index contributed by atoms with van der Waals surface area (Å²) in [5, 5.41) is 0. The summed E-state index contributed by atoms with van der Waals surface area (Å²) < 4.78 is 18.6. The van der Waals surface area contributed by atoms with Crippen LogP contribution in [0.5, 0.6) is 0 Å². The van der Waals surface area contributed by atoms with Crippen LogP contribution in [0.15, 0.2) is 9.13 Å². The minimum atomic E-state index is -1.22. The van der Waals surface area contributed by atoms with Gasteiger partial charge in [-0.05, 0) is 25.2 Å². The molecule has 0 aromatic carbocycles. The van der Waals surface area contributed by atoms with Gasteiger partial charge in [-0.25, -0.2) is 4.98 Å². The summed E-state index contributed by atoms with van der Waals surface area (Å²) in [5.41, 5.74) is -0.677. The summed E-state index contributed by atoms with van der Waals surface area (Å²) >= 11 is -0.0403. The van der Waals surface area contributed by atoms with Crippen LogP contribution in [0.2, 0.25) is 0 Å². The van der Waals surface area contributed by atoms with Crippen LogP contribution in [0.4, 0.5) is 0 Å². The SMILES string of the molecule is COC(C)(C)c1nc2sc([S+](C)[O-])nc2c(=O)n1C. The first kappa shape index (κ1) is 14.4. The van der Waals surface area contributed by atoms with Crippen LogP contribution >= 0.6 is 11.3 Å². The fourth-order valence-electron chi connectivity index (χ4n) is 1.69. The molecule has 2 heterocycles. The van der Waals surface area contributed by atoms with Gasteiger partial charge in [0.05, 0.1) is 0 Å². The number of aromatic nitrogens is 3. The van der Waals surface area contributed by atoms with E-state index in [1.165, 1.54) is 22.2 Å². The molecule has 2 aromatic rings. The Morgan fingerprint density at radius 2 is 2.05 bits per heavy atom. The number of rotatable bonds is 3. The predicted octanol–water partition coefficient (Wildman–Crippen LogP) is 1.01. The number of thiazole rings is 1. The van der Waals surface area contributed by atoms with Gasteiger partial charge in [-0.3, -0.25) is 9.36 Å². The first-order valence-corrected chi connectivity index (χ1v) is 7.92. The molecule has 0 fully saturated rings. The molecule has 0 bridgehead atoms. The van der Waals surface area contributed by atoms with Crippen molar-refractivity contribution in [3.05, 3.63) is 16.2 Å². The van der Waals surface area contributed by atoms with Gasteiger partial charge in [0.15, 0.2) is 10.3 Å². The van der Waals surface area contributed by atoms with Gasteiger partial charge in [0.25, 0.3) is 5.56 Å². The number of ether oxygens (including phenoxy) is 1. The quantitative estimate of drug-likeness (QED) is 0.790. The largest absolute Gasteiger partial charge is 0.610 e. The topological polar surface area (TPSA) is 80.1 Å². The third kappa shape index (κ3) is 2.40. The molecule has 0 amide bonds. The van der Waals surface area contributed by atoms with Gasteiger partial charge >= 0.3 is 4.34 Å². The number of methoxy groups -OCH3 is 1. The molecule has 8 heteroatoms. The second-order valence-electron chi connectivity index (χ2n) is 4.60. The van der Waals surface area contributed by atoms with E-state index in [9.17, 15) is 9.35 Å². The van der Waals surface area contributed by atoms with Gasteiger partial charge in [-0.15, -0.1) is 0 Å². The second kappa shape index (κ2) is 4.86. The van der Waals surface area contributed by atoms with Gasteiger partial charge < -0.3 is 9.29 Å². The van der Waals surface area contributed by atoms with E-state index in [0.29, 0.717) is 15.0 Å². The van der Waals surface area contributed by atoms with Crippen molar-refractivity contribution in [3.63, 3.8) is 0 Å². The van der Waals surface area contributed by atoms with Crippen molar-refractivity contribution in [2.24, 2.45) is 7.05 Å². The van der Waals surface area contributed by atoms with Crippen LogP contribution in [0.25, 0.3) is 10.3 Å². The maximum absolute atomic E-state index is 12.3. The van der Waals surface area contributed by atoms with E-state index in [0.717, 1.165) is 0 Å².